The zero-order valence-electron chi connectivity index (χ0n) is 20.6. The predicted molar refractivity (Wildman–Crippen MR) is 130 cm³/mol. The molecule has 1 aliphatic rings. The molecule has 2 aromatic heterocycles. The maximum absolute atomic E-state index is 13.5. The van der Waals surface area contributed by atoms with Crippen LogP contribution in [0.3, 0.4) is 0 Å². The number of benzene rings is 1. The van der Waals surface area contributed by atoms with Crippen LogP contribution in [-0.2, 0) is 6.18 Å². The number of fused-ring (bicyclic) bond motifs is 1. The number of rotatable bonds is 7. The zero-order valence-corrected chi connectivity index (χ0v) is 20.6. The van der Waals surface area contributed by atoms with E-state index in [1.807, 2.05) is 13.0 Å². The number of methoxy groups -OCH3 is 2. The first-order valence-corrected chi connectivity index (χ1v) is 12.1. The van der Waals surface area contributed by atoms with E-state index in [0.717, 1.165) is 43.7 Å². The highest BCUT2D eigenvalue weighted by molar-refractivity contribution is 5.94. The minimum atomic E-state index is -4.47. The Bertz CT molecular complexity index is 1210. The molecule has 9 heteroatoms. The number of alkyl halides is 3. The quantitative estimate of drug-likeness (QED) is 0.421. The molecule has 1 atom stereocenters. The maximum Gasteiger partial charge on any atom is 0.416 e. The van der Waals surface area contributed by atoms with E-state index < -0.39 is 11.7 Å². The first-order valence-electron chi connectivity index (χ1n) is 12.1. The molecule has 192 valence electrons. The Morgan fingerprint density at radius 2 is 1.83 bits per heavy atom. The summed E-state index contributed by atoms with van der Waals surface area (Å²) in [6.45, 7) is 2.05. The number of carbonyl (C=O) groups excluding carboxylic acids is 1. The highest BCUT2D eigenvalue weighted by Crippen LogP contribution is 2.43. The normalized spacial score (nSPS) is 19.1. The number of hydrogen-bond donors (Lipinski definition) is 1. The number of halogens is 3. The fraction of sp³-hybridized carbons (Fsp3) is 0.444. The van der Waals surface area contributed by atoms with Crippen LogP contribution >= 0.6 is 0 Å². The molecule has 6 nitrogen and oxygen atoms in total. The van der Waals surface area contributed by atoms with Crippen molar-refractivity contribution in [1.82, 2.24) is 15.3 Å². The summed E-state index contributed by atoms with van der Waals surface area (Å²) in [5.74, 6) is 0.789. The molecule has 1 aliphatic carbocycles. The molecular formula is C27H30F3N3O3. The van der Waals surface area contributed by atoms with Crippen LogP contribution < -0.4 is 14.8 Å². The van der Waals surface area contributed by atoms with E-state index in [-0.39, 0.29) is 29.5 Å². The molecule has 4 rings (SSSR count). The van der Waals surface area contributed by atoms with Gasteiger partial charge in [-0.1, -0.05) is 6.92 Å². The Morgan fingerprint density at radius 1 is 1.08 bits per heavy atom. The van der Waals surface area contributed by atoms with Crippen LogP contribution in [0.15, 0.2) is 42.7 Å². The molecule has 0 radical (unpaired) electrons. The summed E-state index contributed by atoms with van der Waals surface area (Å²) in [5.41, 5.74) is 1.04. The average Bonchev–Trinajstić information content (AvgIpc) is 2.90. The van der Waals surface area contributed by atoms with Crippen molar-refractivity contribution in [3.05, 3.63) is 59.4 Å². The Hall–Kier alpha value is -3.36. The Labute approximate surface area is 208 Å². The number of amides is 1. The zero-order chi connectivity index (χ0) is 25.9. The first-order chi connectivity index (χ1) is 17.2. The molecule has 0 aliphatic heterocycles. The van der Waals surface area contributed by atoms with Gasteiger partial charge in [-0.3, -0.25) is 9.78 Å². The third kappa shape index (κ3) is 5.39. The lowest BCUT2D eigenvalue weighted by atomic mass is 9.75. The van der Waals surface area contributed by atoms with Gasteiger partial charge in [0.2, 0.25) is 5.88 Å². The number of pyridine rings is 2. The van der Waals surface area contributed by atoms with Gasteiger partial charge < -0.3 is 14.8 Å². The lowest BCUT2D eigenvalue weighted by molar-refractivity contribution is -0.137. The monoisotopic (exact) mass is 501 g/mol. The molecule has 1 N–H and O–H groups in total. The second kappa shape index (κ2) is 10.7. The topological polar surface area (TPSA) is 73.3 Å². The van der Waals surface area contributed by atoms with Gasteiger partial charge >= 0.3 is 6.18 Å². The summed E-state index contributed by atoms with van der Waals surface area (Å²) in [5, 5.41) is 3.63. The van der Waals surface area contributed by atoms with Crippen molar-refractivity contribution in [2.75, 3.05) is 14.2 Å². The number of ether oxygens (including phenoxy) is 2. The molecule has 0 saturated heterocycles. The van der Waals surface area contributed by atoms with Gasteiger partial charge in [0.25, 0.3) is 5.91 Å². The summed E-state index contributed by atoms with van der Waals surface area (Å²) in [4.78, 5) is 21.2. The minimum absolute atomic E-state index is 0.00617. The van der Waals surface area contributed by atoms with Gasteiger partial charge in [-0.25, -0.2) is 4.98 Å². The highest BCUT2D eigenvalue weighted by Gasteiger charge is 2.34. The van der Waals surface area contributed by atoms with E-state index in [4.69, 9.17) is 9.47 Å². The Morgan fingerprint density at radius 3 is 2.42 bits per heavy atom. The van der Waals surface area contributed by atoms with E-state index in [1.54, 1.807) is 18.3 Å². The van der Waals surface area contributed by atoms with Crippen molar-refractivity contribution in [2.45, 2.75) is 57.2 Å². The molecule has 1 amide bonds. The summed E-state index contributed by atoms with van der Waals surface area (Å²) < 4.78 is 50.9. The average molecular weight is 502 g/mol. The van der Waals surface area contributed by atoms with Crippen LogP contribution in [0.4, 0.5) is 13.2 Å². The van der Waals surface area contributed by atoms with Gasteiger partial charge in [0, 0.05) is 29.9 Å². The largest absolute Gasteiger partial charge is 0.494 e. The maximum atomic E-state index is 13.5. The fourth-order valence-corrected chi connectivity index (χ4v) is 5.19. The van der Waals surface area contributed by atoms with Crippen LogP contribution in [0, 0.1) is 5.92 Å². The van der Waals surface area contributed by atoms with Gasteiger partial charge in [0.1, 0.15) is 11.3 Å². The van der Waals surface area contributed by atoms with E-state index in [9.17, 15) is 18.0 Å². The number of nitrogens with zero attached hydrogens (tertiary/aromatic N) is 2. The van der Waals surface area contributed by atoms with Gasteiger partial charge in [-0.2, -0.15) is 13.2 Å². The standard InChI is InChI=1S/C27H30F3N3O3/c1-4-22(33-26(34)18-9-10-24(36-3)32-15-18)17-7-5-16(6-8-17)20-11-12-31-25-21(20)13-19(27(28,29)30)14-23(25)35-2/h9-17,22H,4-8H2,1-3H3,(H,33,34)/t16-,17+,22?. The number of hydrogen-bond acceptors (Lipinski definition) is 5. The molecule has 2 heterocycles. The molecule has 0 spiro atoms. The molecule has 1 aromatic carbocycles. The summed E-state index contributed by atoms with van der Waals surface area (Å²) in [6.07, 6.45) is 2.81. The van der Waals surface area contributed by atoms with Crippen molar-refractivity contribution in [3.8, 4) is 11.6 Å². The van der Waals surface area contributed by atoms with E-state index in [0.29, 0.717) is 22.3 Å². The minimum Gasteiger partial charge on any atom is -0.494 e. The molecule has 1 fully saturated rings. The van der Waals surface area contributed by atoms with Gasteiger partial charge in [0.15, 0.2) is 0 Å². The van der Waals surface area contributed by atoms with Crippen LogP contribution in [0.25, 0.3) is 10.9 Å². The van der Waals surface area contributed by atoms with Crippen molar-refractivity contribution in [3.63, 3.8) is 0 Å². The van der Waals surface area contributed by atoms with Crippen molar-refractivity contribution in [1.29, 1.82) is 0 Å². The lowest BCUT2D eigenvalue weighted by Crippen LogP contribution is -2.41. The molecule has 3 aromatic rings. The van der Waals surface area contributed by atoms with Crippen molar-refractivity contribution >= 4 is 16.8 Å². The predicted octanol–water partition coefficient (Wildman–Crippen LogP) is 6.15. The van der Waals surface area contributed by atoms with Gasteiger partial charge in [-0.15, -0.1) is 0 Å². The van der Waals surface area contributed by atoms with Crippen LogP contribution in [0.1, 0.15) is 66.4 Å². The third-order valence-corrected chi connectivity index (χ3v) is 7.14. The fourth-order valence-electron chi connectivity index (χ4n) is 5.19. The Balaban J connectivity index is 1.49. The smallest absolute Gasteiger partial charge is 0.416 e. The lowest BCUT2D eigenvalue weighted by Gasteiger charge is -2.34. The third-order valence-electron chi connectivity index (χ3n) is 7.14. The molecular weight excluding hydrogens is 471 g/mol. The number of carbonyl (C=O) groups is 1. The summed E-state index contributed by atoms with van der Waals surface area (Å²) in [6, 6.07) is 7.35. The molecule has 36 heavy (non-hydrogen) atoms. The summed E-state index contributed by atoms with van der Waals surface area (Å²) >= 11 is 0. The molecule has 0 bridgehead atoms. The second-order valence-electron chi connectivity index (χ2n) is 9.16. The van der Waals surface area contributed by atoms with Crippen LogP contribution in [0.5, 0.6) is 11.6 Å². The van der Waals surface area contributed by atoms with E-state index in [1.165, 1.54) is 26.5 Å². The van der Waals surface area contributed by atoms with Crippen LogP contribution in [0.2, 0.25) is 0 Å². The SMILES string of the molecule is CCC(NC(=O)c1ccc(OC)nc1)[C@H]1CC[C@@H](c2ccnc3c(OC)cc(C(F)(F)F)cc32)CC1. The van der Waals surface area contributed by atoms with Crippen molar-refractivity contribution < 1.29 is 27.4 Å². The van der Waals surface area contributed by atoms with Gasteiger partial charge in [-0.05, 0) is 73.8 Å². The first kappa shape index (κ1) is 25.7. The second-order valence-corrected chi connectivity index (χ2v) is 9.16. The molecule has 1 unspecified atom stereocenters. The molecule has 1 saturated carbocycles. The van der Waals surface area contributed by atoms with E-state index >= 15 is 0 Å². The summed E-state index contributed by atoms with van der Waals surface area (Å²) in [7, 11) is 2.88. The van der Waals surface area contributed by atoms with Crippen LogP contribution in [-0.4, -0.2) is 36.1 Å². The number of nitrogens with one attached hydrogen (secondary N) is 1. The number of aromatic nitrogens is 2. The van der Waals surface area contributed by atoms with Crippen molar-refractivity contribution in [2.24, 2.45) is 5.92 Å². The Kier molecular flexibility index (Phi) is 7.66. The van der Waals surface area contributed by atoms with E-state index in [2.05, 4.69) is 15.3 Å². The highest BCUT2D eigenvalue weighted by atomic mass is 19.4. The van der Waals surface area contributed by atoms with Gasteiger partial charge in [0.05, 0.1) is 25.3 Å².